The summed E-state index contributed by atoms with van der Waals surface area (Å²) >= 11 is 0. The minimum absolute atomic E-state index is 0.0748. The van der Waals surface area contributed by atoms with E-state index in [9.17, 15) is 9.59 Å². The molecule has 1 N–H and O–H groups in total. The molecule has 0 bridgehead atoms. The van der Waals surface area contributed by atoms with Crippen molar-refractivity contribution in [2.45, 2.75) is 6.92 Å². The molecule has 0 atom stereocenters. The molecule has 8 nitrogen and oxygen atoms in total. The number of hydrogen-bond donors (Lipinski definition) is 1. The van der Waals surface area contributed by atoms with Gasteiger partial charge in [-0.05, 0) is 47.5 Å². The molecule has 0 spiro atoms. The normalized spacial score (nSPS) is 13.7. The van der Waals surface area contributed by atoms with Crippen LogP contribution in [0.1, 0.15) is 22.8 Å². The van der Waals surface area contributed by atoms with E-state index in [4.69, 9.17) is 14.2 Å². The molecule has 8 heteroatoms. The summed E-state index contributed by atoms with van der Waals surface area (Å²) in [7, 11) is 0. The Kier molecular flexibility index (Phi) is 7.72. The Hall–Kier alpha value is -3.91. The molecule has 34 heavy (non-hydrogen) atoms. The van der Waals surface area contributed by atoms with Gasteiger partial charge < -0.3 is 19.1 Å². The van der Waals surface area contributed by atoms with Crippen LogP contribution in [0, 0.1) is 0 Å². The number of benzene rings is 3. The number of amides is 2. The number of rotatable bonds is 8. The van der Waals surface area contributed by atoms with E-state index >= 15 is 0 Å². The summed E-state index contributed by atoms with van der Waals surface area (Å²) in [6, 6.07) is 18.5. The van der Waals surface area contributed by atoms with Gasteiger partial charge >= 0.3 is 0 Å². The van der Waals surface area contributed by atoms with E-state index in [-0.39, 0.29) is 18.4 Å². The van der Waals surface area contributed by atoms with E-state index in [1.807, 2.05) is 43.3 Å². The van der Waals surface area contributed by atoms with E-state index in [0.717, 1.165) is 10.8 Å². The molecule has 1 heterocycles. The van der Waals surface area contributed by atoms with E-state index in [0.29, 0.717) is 55.5 Å². The Morgan fingerprint density at radius 2 is 1.82 bits per heavy atom. The molecule has 0 aliphatic carbocycles. The van der Waals surface area contributed by atoms with E-state index in [2.05, 4.69) is 10.5 Å². The Balaban J connectivity index is 1.40. The quantitative estimate of drug-likeness (QED) is 0.411. The van der Waals surface area contributed by atoms with Crippen molar-refractivity contribution in [3.63, 3.8) is 0 Å². The lowest BCUT2D eigenvalue weighted by Gasteiger charge is -2.26. The number of morpholine rings is 1. The lowest BCUT2D eigenvalue weighted by molar-refractivity contribution is -0.137. The fourth-order valence-corrected chi connectivity index (χ4v) is 3.69. The van der Waals surface area contributed by atoms with Crippen molar-refractivity contribution in [1.82, 2.24) is 10.3 Å². The maximum absolute atomic E-state index is 12.6. The molecule has 3 aromatic carbocycles. The van der Waals surface area contributed by atoms with Crippen LogP contribution in [-0.4, -0.2) is 62.4 Å². The first-order valence-electron chi connectivity index (χ1n) is 11.2. The second-order valence-corrected chi connectivity index (χ2v) is 7.65. The Labute approximate surface area is 198 Å². The molecule has 176 valence electrons. The van der Waals surface area contributed by atoms with Gasteiger partial charge in [-0.3, -0.25) is 9.59 Å². The molecule has 4 rings (SSSR count). The van der Waals surface area contributed by atoms with Gasteiger partial charge in [-0.1, -0.05) is 36.4 Å². The third kappa shape index (κ3) is 5.71. The molecule has 3 aromatic rings. The Morgan fingerprint density at radius 3 is 2.65 bits per heavy atom. The fourth-order valence-electron chi connectivity index (χ4n) is 3.69. The molecule has 1 fully saturated rings. The number of nitrogens with zero attached hydrogens (tertiary/aromatic N) is 2. The molecular formula is C26H27N3O5. The van der Waals surface area contributed by atoms with E-state index in [1.54, 1.807) is 29.2 Å². The summed E-state index contributed by atoms with van der Waals surface area (Å²) in [5, 5.41) is 5.95. The lowest BCUT2D eigenvalue weighted by Crippen LogP contribution is -2.43. The largest absolute Gasteiger partial charge is 0.490 e. The van der Waals surface area contributed by atoms with Crippen molar-refractivity contribution >= 4 is 28.8 Å². The smallest absolute Gasteiger partial charge is 0.271 e. The van der Waals surface area contributed by atoms with Crippen LogP contribution >= 0.6 is 0 Å². The van der Waals surface area contributed by atoms with Gasteiger partial charge in [0, 0.05) is 18.7 Å². The highest BCUT2D eigenvalue weighted by Gasteiger charge is 2.18. The van der Waals surface area contributed by atoms with Crippen LogP contribution in [0.5, 0.6) is 11.5 Å². The van der Waals surface area contributed by atoms with Crippen molar-refractivity contribution < 1.29 is 23.8 Å². The second-order valence-electron chi connectivity index (χ2n) is 7.65. The first-order valence-corrected chi connectivity index (χ1v) is 11.2. The van der Waals surface area contributed by atoms with Crippen molar-refractivity contribution in [3.8, 4) is 11.5 Å². The first kappa shape index (κ1) is 23.3. The van der Waals surface area contributed by atoms with Gasteiger partial charge in [0.15, 0.2) is 18.1 Å². The van der Waals surface area contributed by atoms with Gasteiger partial charge in [0.2, 0.25) is 0 Å². The number of carbonyl (C=O) groups excluding carboxylic acids is 2. The molecule has 2 amide bonds. The zero-order valence-electron chi connectivity index (χ0n) is 19.0. The first-order chi connectivity index (χ1) is 16.7. The summed E-state index contributed by atoms with van der Waals surface area (Å²) in [4.78, 5) is 26.7. The number of fused-ring (bicyclic) bond motifs is 1. The van der Waals surface area contributed by atoms with Crippen LogP contribution in [-0.2, 0) is 9.53 Å². The molecule has 1 saturated heterocycles. The molecule has 0 radical (unpaired) electrons. The van der Waals surface area contributed by atoms with Crippen LogP contribution in [0.2, 0.25) is 0 Å². The maximum Gasteiger partial charge on any atom is 0.271 e. The van der Waals surface area contributed by atoms with Crippen LogP contribution in [0.4, 0.5) is 0 Å². The highest BCUT2D eigenvalue weighted by atomic mass is 16.5. The van der Waals surface area contributed by atoms with E-state index < -0.39 is 0 Å². The van der Waals surface area contributed by atoms with Gasteiger partial charge in [-0.25, -0.2) is 5.43 Å². The van der Waals surface area contributed by atoms with Crippen LogP contribution in [0.25, 0.3) is 10.8 Å². The zero-order valence-corrected chi connectivity index (χ0v) is 19.0. The zero-order chi connectivity index (χ0) is 23.8. The average Bonchev–Trinajstić information content (AvgIpc) is 2.88. The van der Waals surface area contributed by atoms with Gasteiger partial charge in [0.1, 0.15) is 0 Å². The number of ether oxygens (including phenoxy) is 3. The summed E-state index contributed by atoms with van der Waals surface area (Å²) in [5.74, 6) is 0.592. The van der Waals surface area contributed by atoms with Crippen LogP contribution in [0.3, 0.4) is 0 Å². The van der Waals surface area contributed by atoms with Crippen molar-refractivity contribution in [2.24, 2.45) is 5.10 Å². The molecule has 0 saturated carbocycles. The summed E-state index contributed by atoms with van der Waals surface area (Å²) < 4.78 is 16.7. The maximum atomic E-state index is 12.6. The standard InChI is InChI=1S/C26H27N3O5/c1-2-33-24-16-19(10-11-23(24)34-18-25(30)29-12-14-32-15-13-29)17-27-28-26(31)22-9-5-7-20-6-3-4-8-21(20)22/h3-11,16-17H,2,12-15,18H2,1H3,(H,28,31)/b27-17-. The van der Waals surface area contributed by atoms with Crippen molar-refractivity contribution in [3.05, 3.63) is 71.8 Å². The van der Waals surface area contributed by atoms with E-state index in [1.165, 1.54) is 6.21 Å². The SMILES string of the molecule is CCOc1cc(/C=N\NC(=O)c2cccc3ccccc23)ccc1OCC(=O)N1CCOCC1. The van der Waals surface area contributed by atoms with Crippen LogP contribution in [0.15, 0.2) is 65.8 Å². The number of nitrogens with one attached hydrogen (secondary N) is 1. The summed E-state index contributed by atoms with van der Waals surface area (Å²) in [6.45, 7) is 4.46. The molecule has 0 aromatic heterocycles. The highest BCUT2D eigenvalue weighted by molar-refractivity contribution is 6.07. The lowest BCUT2D eigenvalue weighted by atomic mass is 10.0. The number of hydrogen-bond acceptors (Lipinski definition) is 6. The minimum atomic E-state index is -0.292. The molecular weight excluding hydrogens is 434 g/mol. The Bertz CT molecular complexity index is 1180. The predicted molar refractivity (Wildman–Crippen MR) is 130 cm³/mol. The van der Waals surface area contributed by atoms with Crippen molar-refractivity contribution in [1.29, 1.82) is 0 Å². The summed E-state index contributed by atoms with van der Waals surface area (Å²) in [5.41, 5.74) is 3.85. The van der Waals surface area contributed by atoms with Gasteiger partial charge in [-0.15, -0.1) is 0 Å². The molecule has 1 aliphatic heterocycles. The number of hydrazone groups is 1. The molecule has 0 unspecified atom stereocenters. The monoisotopic (exact) mass is 461 g/mol. The summed E-state index contributed by atoms with van der Waals surface area (Å²) in [6.07, 6.45) is 1.54. The van der Waals surface area contributed by atoms with Crippen LogP contribution < -0.4 is 14.9 Å². The predicted octanol–water partition coefficient (Wildman–Crippen LogP) is 3.24. The highest BCUT2D eigenvalue weighted by Crippen LogP contribution is 2.28. The average molecular weight is 462 g/mol. The molecule has 1 aliphatic rings. The Morgan fingerprint density at radius 1 is 1.03 bits per heavy atom. The third-order valence-electron chi connectivity index (χ3n) is 5.40. The second kappa shape index (κ2) is 11.3. The van der Waals surface area contributed by atoms with Gasteiger partial charge in [0.05, 0.1) is 26.0 Å². The number of carbonyl (C=O) groups is 2. The van der Waals surface area contributed by atoms with Gasteiger partial charge in [0.25, 0.3) is 11.8 Å². The minimum Gasteiger partial charge on any atom is -0.490 e. The topological polar surface area (TPSA) is 89.5 Å². The van der Waals surface area contributed by atoms with Crippen molar-refractivity contribution in [2.75, 3.05) is 39.5 Å². The van der Waals surface area contributed by atoms with Gasteiger partial charge in [-0.2, -0.15) is 5.10 Å². The third-order valence-corrected chi connectivity index (χ3v) is 5.40. The fraction of sp³-hybridized carbons (Fsp3) is 0.269.